The van der Waals surface area contributed by atoms with Crippen LogP contribution in [0.25, 0.3) is 0 Å². The lowest BCUT2D eigenvalue weighted by molar-refractivity contribution is 0.0697. The minimum atomic E-state index is -0.846. The molecule has 1 aromatic rings. The van der Waals surface area contributed by atoms with Crippen LogP contribution in [0.2, 0.25) is 0 Å². The van der Waals surface area contributed by atoms with Crippen molar-refractivity contribution in [2.75, 3.05) is 22.7 Å². The second kappa shape index (κ2) is 5.93. The minimum Gasteiger partial charge on any atom is -0.478 e. The Morgan fingerprint density at radius 3 is 2.39 bits per heavy atom. The lowest BCUT2D eigenvalue weighted by Crippen LogP contribution is -2.35. The zero-order valence-corrected chi connectivity index (χ0v) is 15.0. The summed E-state index contributed by atoms with van der Waals surface area (Å²) in [5, 5.41) is 9.51. The minimum absolute atomic E-state index is 0.106. The Balaban J connectivity index is 1.79. The zero-order valence-electron chi connectivity index (χ0n) is 14.2. The molecule has 5 heteroatoms. The molecule has 1 aromatic carbocycles. The van der Waals surface area contributed by atoms with Crippen LogP contribution in [0.3, 0.4) is 0 Å². The monoisotopic (exact) mass is 334 g/mol. The Labute approximate surface area is 142 Å². The summed E-state index contributed by atoms with van der Waals surface area (Å²) in [4.78, 5) is 13.8. The summed E-state index contributed by atoms with van der Waals surface area (Å²) in [6.45, 7) is 8.39. The van der Waals surface area contributed by atoms with Gasteiger partial charge in [-0.05, 0) is 82.0 Å². The van der Waals surface area contributed by atoms with Crippen molar-refractivity contribution in [3.63, 3.8) is 0 Å². The summed E-state index contributed by atoms with van der Waals surface area (Å²) in [5.74, 6) is -0.846. The van der Waals surface area contributed by atoms with Crippen molar-refractivity contribution in [3.8, 4) is 0 Å². The lowest BCUT2D eigenvalue weighted by atomic mass is 9.93. The van der Waals surface area contributed by atoms with E-state index in [2.05, 4.69) is 30.4 Å². The molecule has 2 aliphatic rings. The fourth-order valence-electron chi connectivity index (χ4n) is 3.15. The van der Waals surface area contributed by atoms with Gasteiger partial charge in [0, 0.05) is 23.5 Å². The average Bonchev–Trinajstić information content (AvgIpc) is 3.24. The number of benzene rings is 1. The third-order valence-electron chi connectivity index (χ3n) is 4.83. The number of rotatable bonds is 4. The zero-order chi connectivity index (χ0) is 16.7. The third kappa shape index (κ3) is 3.94. The number of hydrogen-bond acceptors (Lipinski definition) is 4. The van der Waals surface area contributed by atoms with Gasteiger partial charge in [-0.25, -0.2) is 4.79 Å². The van der Waals surface area contributed by atoms with Crippen molar-refractivity contribution in [1.29, 1.82) is 0 Å². The van der Waals surface area contributed by atoms with Gasteiger partial charge in [0.05, 0.1) is 11.3 Å². The topological polar surface area (TPSA) is 52.6 Å². The number of carbonyl (C=O) groups is 1. The smallest absolute Gasteiger partial charge is 0.337 e. The molecule has 0 bridgehead atoms. The standard InChI is InChI=1S/C18H26N2O2S/c1-17(2,3)23-19-13-4-5-14(16(21)22)15(12-13)20-10-8-18(6-7-18)9-11-20/h4-5,12,19H,6-11H2,1-3H3,(H,21,22). The molecule has 4 nitrogen and oxygen atoms in total. The molecule has 23 heavy (non-hydrogen) atoms. The highest BCUT2D eigenvalue weighted by Crippen LogP contribution is 2.54. The van der Waals surface area contributed by atoms with E-state index in [1.807, 2.05) is 12.1 Å². The molecule has 1 spiro atoms. The molecule has 2 N–H and O–H groups in total. The number of carboxylic acids is 1. The molecule has 2 fully saturated rings. The molecule has 3 rings (SSSR count). The van der Waals surface area contributed by atoms with Gasteiger partial charge in [-0.2, -0.15) is 0 Å². The van der Waals surface area contributed by atoms with Crippen molar-refractivity contribution < 1.29 is 9.90 Å². The van der Waals surface area contributed by atoms with Gasteiger partial charge in [0.2, 0.25) is 0 Å². The number of aromatic carboxylic acids is 1. The second-order valence-electron chi connectivity index (χ2n) is 7.84. The predicted molar refractivity (Wildman–Crippen MR) is 97.5 cm³/mol. The number of hydrogen-bond donors (Lipinski definition) is 2. The van der Waals surface area contributed by atoms with Crippen molar-refractivity contribution in [3.05, 3.63) is 23.8 Å². The van der Waals surface area contributed by atoms with Gasteiger partial charge in [-0.15, -0.1) is 0 Å². The molecule has 0 atom stereocenters. The van der Waals surface area contributed by atoms with E-state index in [0.29, 0.717) is 11.0 Å². The van der Waals surface area contributed by atoms with Crippen LogP contribution in [0, 0.1) is 5.41 Å². The molecular formula is C18H26N2O2S. The summed E-state index contributed by atoms with van der Waals surface area (Å²) in [5.41, 5.74) is 2.82. The van der Waals surface area contributed by atoms with Crippen molar-refractivity contribution in [1.82, 2.24) is 0 Å². The fraction of sp³-hybridized carbons (Fsp3) is 0.611. The normalized spacial score (nSPS) is 19.7. The molecule has 1 aliphatic carbocycles. The summed E-state index contributed by atoms with van der Waals surface area (Å²) in [7, 11) is 0. The maximum absolute atomic E-state index is 11.6. The van der Waals surface area contributed by atoms with Gasteiger partial charge in [-0.3, -0.25) is 0 Å². The van der Waals surface area contributed by atoms with Gasteiger partial charge in [0.15, 0.2) is 0 Å². The van der Waals surface area contributed by atoms with E-state index in [9.17, 15) is 9.90 Å². The lowest BCUT2D eigenvalue weighted by Gasteiger charge is -2.34. The largest absolute Gasteiger partial charge is 0.478 e. The van der Waals surface area contributed by atoms with Crippen molar-refractivity contribution in [2.45, 2.75) is 51.2 Å². The molecule has 0 unspecified atom stereocenters. The molecule has 1 heterocycles. The van der Waals surface area contributed by atoms with Gasteiger partial charge in [0.25, 0.3) is 0 Å². The van der Waals surface area contributed by atoms with E-state index in [0.717, 1.165) is 24.5 Å². The number of carboxylic acid groups (broad SMARTS) is 1. The number of nitrogens with zero attached hydrogens (tertiary/aromatic N) is 1. The van der Waals surface area contributed by atoms with Crippen LogP contribution < -0.4 is 9.62 Å². The number of nitrogens with one attached hydrogen (secondary N) is 1. The van der Waals surface area contributed by atoms with Crippen LogP contribution in [0.5, 0.6) is 0 Å². The Morgan fingerprint density at radius 1 is 1.22 bits per heavy atom. The first-order valence-corrected chi connectivity index (χ1v) is 9.16. The van der Waals surface area contributed by atoms with E-state index in [1.165, 1.54) is 25.7 Å². The maximum atomic E-state index is 11.6. The summed E-state index contributed by atoms with van der Waals surface area (Å²) < 4.78 is 3.46. The van der Waals surface area contributed by atoms with Crippen LogP contribution in [-0.2, 0) is 0 Å². The molecule has 1 saturated carbocycles. The first-order valence-electron chi connectivity index (χ1n) is 8.34. The van der Waals surface area contributed by atoms with Gasteiger partial charge in [-0.1, -0.05) is 0 Å². The Hall–Kier alpha value is -1.36. The van der Waals surface area contributed by atoms with Crippen molar-refractivity contribution in [2.24, 2.45) is 5.41 Å². The van der Waals surface area contributed by atoms with Crippen LogP contribution in [-0.4, -0.2) is 28.9 Å². The second-order valence-corrected chi connectivity index (χ2v) is 9.47. The molecule has 126 valence electrons. The van der Waals surface area contributed by atoms with E-state index in [-0.39, 0.29) is 4.75 Å². The average molecular weight is 334 g/mol. The van der Waals surface area contributed by atoms with Gasteiger partial charge in [0.1, 0.15) is 0 Å². The van der Waals surface area contributed by atoms with Crippen LogP contribution in [0.4, 0.5) is 11.4 Å². The van der Waals surface area contributed by atoms with E-state index in [1.54, 1.807) is 18.0 Å². The van der Waals surface area contributed by atoms with Crippen molar-refractivity contribution >= 4 is 29.3 Å². The molecule has 1 saturated heterocycles. The first kappa shape index (κ1) is 16.5. The maximum Gasteiger partial charge on any atom is 0.337 e. The van der Waals surface area contributed by atoms with Crippen LogP contribution >= 0.6 is 11.9 Å². The molecule has 0 aromatic heterocycles. The Morgan fingerprint density at radius 2 is 1.87 bits per heavy atom. The molecular weight excluding hydrogens is 308 g/mol. The van der Waals surface area contributed by atoms with Gasteiger partial charge >= 0.3 is 5.97 Å². The summed E-state index contributed by atoms with van der Waals surface area (Å²) >= 11 is 1.65. The SMILES string of the molecule is CC(C)(C)SNc1ccc(C(=O)O)c(N2CCC3(CC2)CC3)c1. The van der Waals surface area contributed by atoms with E-state index < -0.39 is 5.97 Å². The highest BCUT2D eigenvalue weighted by Gasteiger charge is 2.44. The predicted octanol–water partition coefficient (Wildman–Crippen LogP) is 4.62. The molecule has 1 aliphatic heterocycles. The Bertz CT molecular complexity index is 596. The number of anilines is 2. The van der Waals surface area contributed by atoms with Gasteiger partial charge < -0.3 is 14.7 Å². The van der Waals surface area contributed by atoms with E-state index >= 15 is 0 Å². The van der Waals surface area contributed by atoms with E-state index in [4.69, 9.17) is 0 Å². The summed E-state index contributed by atoms with van der Waals surface area (Å²) in [6, 6.07) is 5.58. The van der Waals surface area contributed by atoms with Crippen LogP contribution in [0.15, 0.2) is 18.2 Å². The Kier molecular flexibility index (Phi) is 4.25. The molecule has 0 radical (unpaired) electrons. The summed E-state index contributed by atoms with van der Waals surface area (Å²) in [6.07, 6.45) is 5.10. The quantitative estimate of drug-likeness (QED) is 0.787. The molecule has 0 amide bonds. The van der Waals surface area contributed by atoms with Crippen LogP contribution in [0.1, 0.15) is 56.8 Å². The fourth-order valence-corrected chi connectivity index (χ4v) is 3.70. The highest BCUT2D eigenvalue weighted by molar-refractivity contribution is 8.01. The number of piperidine rings is 1. The third-order valence-corrected chi connectivity index (χ3v) is 5.78. The first-order chi connectivity index (χ1) is 10.8. The highest BCUT2D eigenvalue weighted by atomic mass is 32.2.